The zero-order valence-corrected chi connectivity index (χ0v) is 10.9. The molecule has 0 radical (unpaired) electrons. The van der Waals surface area contributed by atoms with Crippen molar-refractivity contribution >= 4 is 12.0 Å². The molecule has 1 saturated heterocycles. The summed E-state index contributed by atoms with van der Waals surface area (Å²) in [4.78, 5) is 29.7. The highest BCUT2D eigenvalue weighted by atomic mass is 16.7. The first-order valence-electron chi connectivity index (χ1n) is 6.23. The molecule has 0 bridgehead atoms. The Morgan fingerprint density at radius 1 is 1.24 bits per heavy atom. The Balaban J connectivity index is 2.35. The summed E-state index contributed by atoms with van der Waals surface area (Å²) in [6.45, 7) is 6.98. The minimum Gasteiger partial charge on any atom is -0.321 e. The number of hydrogen-bond acceptors (Lipinski definition) is 3. The van der Waals surface area contributed by atoms with Crippen LogP contribution in [-0.4, -0.2) is 30.0 Å². The van der Waals surface area contributed by atoms with Crippen molar-refractivity contribution in [1.82, 2.24) is 10.4 Å². The Labute approximate surface area is 102 Å². The summed E-state index contributed by atoms with van der Waals surface area (Å²) < 4.78 is 0. The van der Waals surface area contributed by atoms with Crippen molar-refractivity contribution in [2.24, 2.45) is 5.41 Å². The van der Waals surface area contributed by atoms with Crippen LogP contribution in [-0.2, 0) is 9.63 Å². The van der Waals surface area contributed by atoms with E-state index >= 15 is 0 Å². The molecule has 1 N–H and O–H groups in total. The van der Waals surface area contributed by atoms with Gasteiger partial charge in [-0.2, -0.15) is 5.48 Å². The van der Waals surface area contributed by atoms with Gasteiger partial charge in [-0.15, -0.1) is 0 Å². The van der Waals surface area contributed by atoms with Gasteiger partial charge < -0.3 is 9.74 Å². The van der Waals surface area contributed by atoms with Crippen LogP contribution in [0.3, 0.4) is 0 Å². The highest BCUT2D eigenvalue weighted by Crippen LogP contribution is 2.19. The van der Waals surface area contributed by atoms with E-state index in [1.807, 2.05) is 20.8 Å². The van der Waals surface area contributed by atoms with E-state index in [2.05, 4.69) is 5.48 Å². The maximum absolute atomic E-state index is 11.7. The minimum absolute atomic E-state index is 0.259. The summed E-state index contributed by atoms with van der Waals surface area (Å²) >= 11 is 0. The van der Waals surface area contributed by atoms with Crippen LogP contribution >= 0.6 is 0 Å². The summed E-state index contributed by atoms with van der Waals surface area (Å²) in [5.41, 5.74) is 1.73. The smallest absolute Gasteiger partial charge is 0.321 e. The van der Waals surface area contributed by atoms with E-state index < -0.39 is 11.5 Å². The number of carbonyl (C=O) groups is 2. The highest BCUT2D eigenvalue weighted by molar-refractivity contribution is 5.82. The Morgan fingerprint density at radius 2 is 1.82 bits per heavy atom. The van der Waals surface area contributed by atoms with Crippen LogP contribution < -0.4 is 5.48 Å². The first-order chi connectivity index (χ1) is 7.97. The summed E-state index contributed by atoms with van der Waals surface area (Å²) in [7, 11) is 0. The molecule has 5 heteroatoms. The lowest BCUT2D eigenvalue weighted by molar-refractivity contribution is -0.139. The molecule has 5 nitrogen and oxygen atoms in total. The van der Waals surface area contributed by atoms with Crippen molar-refractivity contribution in [2.45, 2.75) is 46.5 Å². The van der Waals surface area contributed by atoms with Gasteiger partial charge in [-0.25, -0.2) is 4.79 Å². The van der Waals surface area contributed by atoms with Crippen LogP contribution in [0.15, 0.2) is 0 Å². The maximum Gasteiger partial charge on any atom is 0.434 e. The van der Waals surface area contributed by atoms with Gasteiger partial charge in [0.2, 0.25) is 0 Å². The summed E-state index contributed by atoms with van der Waals surface area (Å²) in [6.07, 6.45) is 3.40. The molecule has 17 heavy (non-hydrogen) atoms. The molecule has 2 amide bonds. The number of amides is 2. The molecular weight excluding hydrogens is 220 g/mol. The fourth-order valence-electron chi connectivity index (χ4n) is 1.53. The van der Waals surface area contributed by atoms with E-state index in [1.165, 1.54) is 0 Å². The molecule has 1 aliphatic heterocycles. The van der Waals surface area contributed by atoms with Crippen LogP contribution in [0.5, 0.6) is 0 Å². The van der Waals surface area contributed by atoms with Crippen LogP contribution in [0.25, 0.3) is 0 Å². The van der Waals surface area contributed by atoms with Gasteiger partial charge in [-0.05, 0) is 25.7 Å². The number of rotatable bonds is 2. The third-order valence-corrected chi connectivity index (χ3v) is 3.34. The van der Waals surface area contributed by atoms with Gasteiger partial charge >= 0.3 is 6.09 Å². The van der Waals surface area contributed by atoms with Crippen LogP contribution in [0.2, 0.25) is 0 Å². The molecule has 1 rings (SSSR count). The lowest BCUT2D eigenvalue weighted by atomic mass is 9.90. The van der Waals surface area contributed by atoms with E-state index in [0.717, 1.165) is 19.3 Å². The van der Waals surface area contributed by atoms with E-state index in [0.29, 0.717) is 19.5 Å². The number of nitrogens with one attached hydrogen (secondary N) is 1. The van der Waals surface area contributed by atoms with Gasteiger partial charge in [0, 0.05) is 18.5 Å². The van der Waals surface area contributed by atoms with Gasteiger partial charge in [0.25, 0.3) is 5.91 Å². The first kappa shape index (κ1) is 13.8. The SMILES string of the molecule is CCC(C)(C)C(=O)NOC(=O)N1CCCCC1. The standard InChI is InChI=1S/C12H22N2O3/c1-4-12(2,3)10(15)13-17-11(16)14-8-6-5-7-9-14/h4-9H2,1-3H3,(H,13,15). The molecule has 1 fully saturated rings. The number of likely N-dealkylation sites (tertiary alicyclic amines) is 1. The van der Waals surface area contributed by atoms with Gasteiger partial charge in [-0.3, -0.25) is 4.79 Å². The van der Waals surface area contributed by atoms with E-state index in [4.69, 9.17) is 4.84 Å². The third-order valence-electron chi connectivity index (χ3n) is 3.34. The molecule has 0 aromatic carbocycles. The second-order valence-electron chi connectivity index (χ2n) is 5.08. The first-order valence-corrected chi connectivity index (χ1v) is 6.23. The van der Waals surface area contributed by atoms with Crippen molar-refractivity contribution in [3.63, 3.8) is 0 Å². The second-order valence-corrected chi connectivity index (χ2v) is 5.08. The maximum atomic E-state index is 11.7. The van der Waals surface area contributed by atoms with E-state index in [-0.39, 0.29) is 5.91 Å². The molecule has 0 atom stereocenters. The molecule has 1 aliphatic rings. The second kappa shape index (κ2) is 5.89. The van der Waals surface area contributed by atoms with Gasteiger partial charge in [-0.1, -0.05) is 20.8 Å². The predicted molar refractivity (Wildman–Crippen MR) is 64.1 cm³/mol. The van der Waals surface area contributed by atoms with Gasteiger partial charge in [0.1, 0.15) is 0 Å². The number of carbonyl (C=O) groups excluding carboxylic acids is 2. The number of piperidine rings is 1. The minimum atomic E-state index is -0.512. The van der Waals surface area contributed by atoms with Gasteiger partial charge in [0.15, 0.2) is 0 Å². The van der Waals surface area contributed by atoms with Crippen LogP contribution in [0.4, 0.5) is 4.79 Å². The summed E-state index contributed by atoms with van der Waals surface area (Å²) in [5, 5.41) is 0. The summed E-state index contributed by atoms with van der Waals surface area (Å²) in [5.74, 6) is -0.259. The molecule has 0 aromatic heterocycles. The van der Waals surface area contributed by atoms with Crippen molar-refractivity contribution in [3.8, 4) is 0 Å². The van der Waals surface area contributed by atoms with Crippen LogP contribution in [0, 0.1) is 5.41 Å². The van der Waals surface area contributed by atoms with Crippen LogP contribution in [0.1, 0.15) is 46.5 Å². The lowest BCUT2D eigenvalue weighted by Gasteiger charge is -2.26. The molecule has 0 aromatic rings. The Hall–Kier alpha value is -1.26. The Morgan fingerprint density at radius 3 is 2.35 bits per heavy atom. The van der Waals surface area contributed by atoms with Crippen molar-refractivity contribution in [3.05, 3.63) is 0 Å². The van der Waals surface area contributed by atoms with Crippen molar-refractivity contribution in [1.29, 1.82) is 0 Å². The average Bonchev–Trinajstić information content (AvgIpc) is 2.36. The molecule has 0 saturated carbocycles. The number of hydroxylamine groups is 1. The Kier molecular flexibility index (Phi) is 4.78. The monoisotopic (exact) mass is 242 g/mol. The van der Waals surface area contributed by atoms with Crippen molar-refractivity contribution in [2.75, 3.05) is 13.1 Å². The van der Waals surface area contributed by atoms with Crippen molar-refractivity contribution < 1.29 is 14.4 Å². The summed E-state index contributed by atoms with van der Waals surface area (Å²) in [6, 6.07) is 0. The van der Waals surface area contributed by atoms with E-state index in [9.17, 15) is 9.59 Å². The average molecular weight is 242 g/mol. The Bertz CT molecular complexity index is 283. The fourth-order valence-corrected chi connectivity index (χ4v) is 1.53. The van der Waals surface area contributed by atoms with Gasteiger partial charge in [0.05, 0.1) is 0 Å². The predicted octanol–water partition coefficient (Wildman–Crippen LogP) is 2.08. The third kappa shape index (κ3) is 3.91. The zero-order chi connectivity index (χ0) is 12.9. The molecule has 0 aliphatic carbocycles. The largest absolute Gasteiger partial charge is 0.434 e. The number of hydrogen-bond donors (Lipinski definition) is 1. The molecule has 0 unspecified atom stereocenters. The number of nitrogens with zero attached hydrogens (tertiary/aromatic N) is 1. The highest BCUT2D eigenvalue weighted by Gasteiger charge is 2.27. The lowest BCUT2D eigenvalue weighted by Crippen LogP contribution is -2.43. The molecule has 98 valence electrons. The fraction of sp³-hybridized carbons (Fsp3) is 0.833. The zero-order valence-electron chi connectivity index (χ0n) is 10.9. The molecule has 1 heterocycles. The quantitative estimate of drug-likeness (QED) is 0.754. The van der Waals surface area contributed by atoms with E-state index in [1.54, 1.807) is 4.90 Å². The molecule has 0 spiro atoms. The normalized spacial score (nSPS) is 16.5. The molecular formula is C12H22N2O3. The topological polar surface area (TPSA) is 58.6 Å².